The molecule has 11 heavy (non-hydrogen) atoms. The summed E-state index contributed by atoms with van der Waals surface area (Å²) in [5, 5.41) is 0. The van der Waals surface area contributed by atoms with E-state index in [2.05, 4.69) is 0 Å². The topological polar surface area (TPSA) is 26.0 Å². The van der Waals surface area contributed by atoms with Crippen molar-refractivity contribution in [2.75, 3.05) is 0 Å². The van der Waals surface area contributed by atoms with E-state index in [1.165, 1.54) is 0 Å². The lowest BCUT2D eigenvalue weighted by molar-refractivity contribution is 0.131. The smallest absolute Gasteiger partial charge is 0.177 e. The standard InChI is InChI=1S/C7H8F3N/c1-7(10)3-4(8)2-5(11)6(7)9/h2-3,6H,11H2,1H3. The Labute approximate surface area is 62.4 Å². The zero-order valence-electron chi connectivity index (χ0n) is 5.94. The van der Waals surface area contributed by atoms with Crippen LogP contribution in [0.15, 0.2) is 23.7 Å². The summed E-state index contributed by atoms with van der Waals surface area (Å²) in [6, 6.07) is 0. The third kappa shape index (κ3) is 1.39. The van der Waals surface area contributed by atoms with Crippen LogP contribution in [0.1, 0.15) is 6.92 Å². The Morgan fingerprint density at radius 2 is 2.18 bits per heavy atom. The van der Waals surface area contributed by atoms with Gasteiger partial charge in [-0.05, 0) is 19.1 Å². The van der Waals surface area contributed by atoms with E-state index in [9.17, 15) is 13.2 Å². The van der Waals surface area contributed by atoms with E-state index in [1.807, 2.05) is 0 Å². The van der Waals surface area contributed by atoms with E-state index in [0.29, 0.717) is 6.08 Å². The molecule has 1 nitrogen and oxygen atoms in total. The third-order valence-corrected chi connectivity index (χ3v) is 1.51. The molecule has 1 aliphatic carbocycles. The molecule has 1 rings (SSSR count). The SMILES string of the molecule is CC1(F)C=C(F)C=C(N)C1F. The van der Waals surface area contributed by atoms with Crippen molar-refractivity contribution in [2.45, 2.75) is 18.8 Å². The van der Waals surface area contributed by atoms with Crippen LogP contribution in [0.25, 0.3) is 0 Å². The van der Waals surface area contributed by atoms with Gasteiger partial charge in [0.1, 0.15) is 5.83 Å². The van der Waals surface area contributed by atoms with Gasteiger partial charge in [0.25, 0.3) is 0 Å². The summed E-state index contributed by atoms with van der Waals surface area (Å²) in [6.45, 7) is 0.942. The van der Waals surface area contributed by atoms with Crippen LogP contribution in [-0.2, 0) is 0 Å². The second-order valence-corrected chi connectivity index (χ2v) is 2.69. The van der Waals surface area contributed by atoms with Gasteiger partial charge in [-0.3, -0.25) is 0 Å². The van der Waals surface area contributed by atoms with Crippen LogP contribution in [0.5, 0.6) is 0 Å². The summed E-state index contributed by atoms with van der Waals surface area (Å²) in [7, 11) is 0. The van der Waals surface area contributed by atoms with Gasteiger partial charge in [0, 0.05) is 5.70 Å². The maximum atomic E-state index is 13.0. The van der Waals surface area contributed by atoms with E-state index in [-0.39, 0.29) is 0 Å². The van der Waals surface area contributed by atoms with E-state index in [4.69, 9.17) is 5.73 Å². The van der Waals surface area contributed by atoms with Crippen LogP contribution < -0.4 is 5.73 Å². The van der Waals surface area contributed by atoms with Crippen molar-refractivity contribution in [3.8, 4) is 0 Å². The van der Waals surface area contributed by atoms with Crippen molar-refractivity contribution in [1.82, 2.24) is 0 Å². The zero-order chi connectivity index (χ0) is 8.65. The van der Waals surface area contributed by atoms with Crippen molar-refractivity contribution in [1.29, 1.82) is 0 Å². The first-order valence-electron chi connectivity index (χ1n) is 3.12. The summed E-state index contributed by atoms with van der Waals surface area (Å²) in [6.07, 6.45) is -0.581. The van der Waals surface area contributed by atoms with Crippen LogP contribution in [0.2, 0.25) is 0 Å². The first-order valence-corrected chi connectivity index (χ1v) is 3.12. The molecule has 0 aromatic carbocycles. The molecule has 0 saturated heterocycles. The Balaban J connectivity index is 3.01. The molecule has 4 heteroatoms. The van der Waals surface area contributed by atoms with Crippen LogP contribution in [0.3, 0.4) is 0 Å². The first kappa shape index (κ1) is 8.17. The molecule has 0 radical (unpaired) electrons. The van der Waals surface area contributed by atoms with Gasteiger partial charge in [0.2, 0.25) is 0 Å². The fourth-order valence-corrected chi connectivity index (χ4v) is 0.943. The van der Waals surface area contributed by atoms with Gasteiger partial charge >= 0.3 is 0 Å². The van der Waals surface area contributed by atoms with E-state index < -0.39 is 23.4 Å². The monoisotopic (exact) mass is 163 g/mol. The van der Waals surface area contributed by atoms with Gasteiger partial charge in [-0.25, -0.2) is 13.2 Å². The molecule has 2 unspecified atom stereocenters. The molecule has 1 aliphatic rings. The molecule has 2 N–H and O–H groups in total. The molecular weight excluding hydrogens is 155 g/mol. The number of alkyl halides is 2. The first-order chi connectivity index (χ1) is 4.93. The normalized spacial score (nSPS) is 38.0. The van der Waals surface area contributed by atoms with Crippen molar-refractivity contribution in [3.63, 3.8) is 0 Å². The van der Waals surface area contributed by atoms with E-state index >= 15 is 0 Å². The van der Waals surface area contributed by atoms with E-state index in [0.717, 1.165) is 13.0 Å². The highest BCUT2D eigenvalue weighted by molar-refractivity contribution is 5.31. The third-order valence-electron chi connectivity index (χ3n) is 1.51. The van der Waals surface area contributed by atoms with Gasteiger partial charge in [-0.15, -0.1) is 0 Å². The van der Waals surface area contributed by atoms with Crippen LogP contribution in [0, 0.1) is 0 Å². The molecule has 0 saturated carbocycles. The number of nitrogens with two attached hydrogens (primary N) is 1. The molecule has 0 heterocycles. The number of allylic oxidation sites excluding steroid dienone is 4. The Bertz CT molecular complexity index is 230. The second-order valence-electron chi connectivity index (χ2n) is 2.69. The summed E-state index contributed by atoms with van der Waals surface area (Å²) in [4.78, 5) is 0. The number of rotatable bonds is 0. The summed E-state index contributed by atoms with van der Waals surface area (Å²) >= 11 is 0. The molecule has 0 aliphatic heterocycles. The van der Waals surface area contributed by atoms with Gasteiger partial charge in [-0.1, -0.05) is 0 Å². The molecule has 0 aromatic rings. The summed E-state index contributed by atoms with van der Waals surface area (Å²) in [5.41, 5.74) is 2.29. The largest absolute Gasteiger partial charge is 0.399 e. The maximum absolute atomic E-state index is 13.0. The summed E-state index contributed by atoms with van der Waals surface area (Å²) in [5.74, 6) is -0.832. The molecular formula is C7H8F3N. The Morgan fingerprint density at radius 3 is 2.64 bits per heavy atom. The lowest BCUT2D eigenvalue weighted by Crippen LogP contribution is -2.36. The van der Waals surface area contributed by atoms with Crippen LogP contribution in [-0.4, -0.2) is 11.8 Å². The van der Waals surface area contributed by atoms with Crippen molar-refractivity contribution in [2.24, 2.45) is 5.73 Å². The van der Waals surface area contributed by atoms with Gasteiger partial charge in [0.05, 0.1) is 0 Å². The van der Waals surface area contributed by atoms with E-state index in [1.54, 1.807) is 0 Å². The van der Waals surface area contributed by atoms with Gasteiger partial charge in [-0.2, -0.15) is 0 Å². The highest BCUT2D eigenvalue weighted by Gasteiger charge is 2.37. The van der Waals surface area contributed by atoms with Gasteiger partial charge in [0.15, 0.2) is 11.8 Å². The minimum Gasteiger partial charge on any atom is -0.399 e. The molecule has 2 atom stereocenters. The fourth-order valence-electron chi connectivity index (χ4n) is 0.943. The fraction of sp³-hybridized carbons (Fsp3) is 0.429. The zero-order valence-corrected chi connectivity index (χ0v) is 5.94. The lowest BCUT2D eigenvalue weighted by Gasteiger charge is -2.24. The van der Waals surface area contributed by atoms with Crippen LogP contribution in [0.4, 0.5) is 13.2 Å². The number of hydrogen-bond donors (Lipinski definition) is 1. The second kappa shape index (κ2) is 2.29. The number of hydrogen-bond acceptors (Lipinski definition) is 1. The lowest BCUT2D eigenvalue weighted by atomic mass is 9.95. The Kier molecular flexibility index (Phi) is 1.70. The van der Waals surface area contributed by atoms with Crippen molar-refractivity contribution >= 4 is 0 Å². The predicted molar refractivity (Wildman–Crippen MR) is 35.9 cm³/mol. The minimum absolute atomic E-state index is 0.407. The molecule has 0 amide bonds. The highest BCUT2D eigenvalue weighted by Crippen LogP contribution is 2.30. The molecule has 0 fully saturated rings. The number of halogens is 3. The maximum Gasteiger partial charge on any atom is 0.177 e. The Hall–Kier alpha value is -0.930. The highest BCUT2D eigenvalue weighted by atomic mass is 19.2. The molecule has 0 spiro atoms. The van der Waals surface area contributed by atoms with Crippen molar-refractivity contribution < 1.29 is 13.2 Å². The summed E-state index contributed by atoms with van der Waals surface area (Å²) < 4.78 is 38.1. The molecule has 0 aromatic heterocycles. The minimum atomic E-state index is -2.32. The van der Waals surface area contributed by atoms with Crippen LogP contribution >= 0.6 is 0 Å². The predicted octanol–water partition coefficient (Wildman–Crippen LogP) is 1.76. The molecule has 62 valence electrons. The van der Waals surface area contributed by atoms with Gasteiger partial charge < -0.3 is 5.73 Å². The average molecular weight is 163 g/mol. The molecule has 0 bridgehead atoms. The van der Waals surface area contributed by atoms with Crippen molar-refractivity contribution in [3.05, 3.63) is 23.7 Å². The Morgan fingerprint density at radius 1 is 1.64 bits per heavy atom. The average Bonchev–Trinajstić information content (AvgIpc) is 1.81. The quantitative estimate of drug-likeness (QED) is 0.578.